The number of benzene rings is 1. The Hall–Kier alpha value is -0.860. The van der Waals surface area contributed by atoms with Gasteiger partial charge in [-0.3, -0.25) is 0 Å². The SMILES string of the molecule is CCCCCCCCCCCCCCC[N+](C)([O-])Cc1ccccc1. The highest BCUT2D eigenvalue weighted by Gasteiger charge is 2.10. The molecule has 0 aliphatic rings. The highest BCUT2D eigenvalue weighted by molar-refractivity contribution is 5.13. The molecule has 0 saturated carbocycles. The van der Waals surface area contributed by atoms with Crippen molar-refractivity contribution in [2.75, 3.05) is 13.6 Å². The van der Waals surface area contributed by atoms with Gasteiger partial charge in [-0.25, -0.2) is 0 Å². The van der Waals surface area contributed by atoms with Crippen LogP contribution in [0.4, 0.5) is 0 Å². The summed E-state index contributed by atoms with van der Waals surface area (Å²) < 4.78 is -0.137. The van der Waals surface area contributed by atoms with Crippen molar-refractivity contribution < 1.29 is 4.65 Å². The second-order valence-electron chi connectivity index (χ2n) is 7.91. The van der Waals surface area contributed by atoms with E-state index in [1.807, 2.05) is 25.2 Å². The highest BCUT2D eigenvalue weighted by atomic mass is 16.5. The van der Waals surface area contributed by atoms with Crippen LogP contribution in [0.25, 0.3) is 0 Å². The Labute approximate surface area is 156 Å². The van der Waals surface area contributed by atoms with E-state index in [2.05, 4.69) is 19.1 Å². The number of hydrogen-bond donors (Lipinski definition) is 0. The van der Waals surface area contributed by atoms with E-state index < -0.39 is 0 Å². The summed E-state index contributed by atoms with van der Waals surface area (Å²) in [4.78, 5) is 0. The lowest BCUT2D eigenvalue weighted by Crippen LogP contribution is -2.37. The Morgan fingerprint density at radius 2 is 1.12 bits per heavy atom. The number of hydrogen-bond acceptors (Lipinski definition) is 1. The van der Waals surface area contributed by atoms with Gasteiger partial charge >= 0.3 is 0 Å². The average Bonchev–Trinajstić information content (AvgIpc) is 2.59. The smallest absolute Gasteiger partial charge is 0.104 e. The number of rotatable bonds is 16. The van der Waals surface area contributed by atoms with Crippen molar-refractivity contribution in [3.05, 3.63) is 41.1 Å². The van der Waals surface area contributed by atoms with Gasteiger partial charge in [0, 0.05) is 5.56 Å². The highest BCUT2D eigenvalue weighted by Crippen LogP contribution is 2.15. The second kappa shape index (κ2) is 14.3. The molecule has 0 spiro atoms. The first-order valence-electron chi connectivity index (χ1n) is 10.7. The Morgan fingerprint density at radius 1 is 0.680 bits per heavy atom. The first-order valence-corrected chi connectivity index (χ1v) is 10.7. The van der Waals surface area contributed by atoms with Gasteiger partial charge in [0.05, 0.1) is 13.6 Å². The predicted molar refractivity (Wildman–Crippen MR) is 110 cm³/mol. The van der Waals surface area contributed by atoms with Crippen LogP contribution in [0.15, 0.2) is 30.3 Å². The molecular weight excluding hydrogens is 306 g/mol. The second-order valence-corrected chi connectivity index (χ2v) is 7.91. The van der Waals surface area contributed by atoms with E-state index in [0.717, 1.165) is 18.5 Å². The van der Waals surface area contributed by atoms with Crippen LogP contribution in [0.3, 0.4) is 0 Å². The molecule has 25 heavy (non-hydrogen) atoms. The van der Waals surface area contributed by atoms with Crippen LogP contribution in [-0.4, -0.2) is 18.2 Å². The number of nitrogens with zero attached hydrogens (tertiary/aromatic N) is 1. The van der Waals surface area contributed by atoms with Crippen molar-refractivity contribution >= 4 is 0 Å². The van der Waals surface area contributed by atoms with Crippen molar-refractivity contribution in [1.29, 1.82) is 0 Å². The van der Waals surface area contributed by atoms with E-state index in [1.54, 1.807) is 0 Å². The quantitative estimate of drug-likeness (QED) is 0.176. The molecule has 1 atom stereocenters. The average molecular weight is 348 g/mol. The lowest BCUT2D eigenvalue weighted by atomic mass is 10.0. The lowest BCUT2D eigenvalue weighted by Gasteiger charge is -2.38. The van der Waals surface area contributed by atoms with Gasteiger partial charge in [0.1, 0.15) is 6.54 Å². The summed E-state index contributed by atoms with van der Waals surface area (Å²) in [7, 11) is 1.81. The zero-order valence-electron chi connectivity index (χ0n) is 16.8. The summed E-state index contributed by atoms with van der Waals surface area (Å²) in [5.41, 5.74) is 1.15. The Balaban J connectivity index is 1.89. The zero-order chi connectivity index (χ0) is 18.2. The van der Waals surface area contributed by atoms with Gasteiger partial charge in [-0.15, -0.1) is 0 Å². The molecule has 144 valence electrons. The summed E-state index contributed by atoms with van der Waals surface area (Å²) in [5.74, 6) is 0. The molecule has 0 N–H and O–H groups in total. The fourth-order valence-corrected chi connectivity index (χ4v) is 3.51. The minimum atomic E-state index is -0.137. The fourth-order valence-electron chi connectivity index (χ4n) is 3.51. The van der Waals surface area contributed by atoms with E-state index in [4.69, 9.17) is 0 Å². The van der Waals surface area contributed by atoms with Gasteiger partial charge in [-0.1, -0.05) is 108 Å². The van der Waals surface area contributed by atoms with E-state index >= 15 is 0 Å². The van der Waals surface area contributed by atoms with E-state index in [1.165, 1.54) is 77.0 Å². The molecule has 1 unspecified atom stereocenters. The van der Waals surface area contributed by atoms with Crippen LogP contribution in [-0.2, 0) is 6.54 Å². The van der Waals surface area contributed by atoms with E-state index in [-0.39, 0.29) is 4.65 Å². The van der Waals surface area contributed by atoms with Crippen molar-refractivity contribution in [2.24, 2.45) is 0 Å². The zero-order valence-corrected chi connectivity index (χ0v) is 16.8. The largest absolute Gasteiger partial charge is 0.633 e. The van der Waals surface area contributed by atoms with Gasteiger partial charge in [0.15, 0.2) is 0 Å². The van der Waals surface area contributed by atoms with Crippen LogP contribution in [0, 0.1) is 5.21 Å². The van der Waals surface area contributed by atoms with Gasteiger partial charge < -0.3 is 9.85 Å². The molecule has 1 aromatic rings. The molecule has 1 aromatic carbocycles. The third kappa shape index (κ3) is 13.1. The maximum atomic E-state index is 12.5. The minimum absolute atomic E-state index is 0.137. The van der Waals surface area contributed by atoms with Crippen molar-refractivity contribution in [3.63, 3.8) is 0 Å². The maximum absolute atomic E-state index is 12.5. The van der Waals surface area contributed by atoms with Crippen molar-refractivity contribution in [1.82, 2.24) is 0 Å². The fraction of sp³-hybridized carbons (Fsp3) is 0.739. The third-order valence-corrected chi connectivity index (χ3v) is 5.09. The van der Waals surface area contributed by atoms with Gasteiger partial charge in [0.2, 0.25) is 0 Å². The molecule has 2 heteroatoms. The van der Waals surface area contributed by atoms with Crippen LogP contribution < -0.4 is 0 Å². The lowest BCUT2D eigenvalue weighted by molar-refractivity contribution is -0.874. The molecular formula is C23H41NO. The molecule has 0 fully saturated rings. The Morgan fingerprint density at radius 3 is 1.60 bits per heavy atom. The van der Waals surface area contributed by atoms with Crippen LogP contribution in [0.2, 0.25) is 0 Å². The van der Waals surface area contributed by atoms with Gasteiger partial charge in [0.25, 0.3) is 0 Å². The van der Waals surface area contributed by atoms with Crippen molar-refractivity contribution in [3.8, 4) is 0 Å². The molecule has 0 aliphatic heterocycles. The maximum Gasteiger partial charge on any atom is 0.104 e. The summed E-state index contributed by atoms with van der Waals surface area (Å²) in [6.07, 6.45) is 17.6. The topological polar surface area (TPSA) is 23.1 Å². The summed E-state index contributed by atoms with van der Waals surface area (Å²) in [6, 6.07) is 10.1. The Kier molecular flexibility index (Phi) is 12.7. The first-order chi connectivity index (χ1) is 12.1. The Bertz CT molecular complexity index is 402. The van der Waals surface area contributed by atoms with Crippen LogP contribution in [0.1, 0.15) is 96.0 Å². The first kappa shape index (κ1) is 22.2. The number of unbranched alkanes of at least 4 members (excludes halogenated alkanes) is 12. The molecule has 0 aromatic heterocycles. The molecule has 0 heterocycles. The molecule has 0 radical (unpaired) electrons. The molecule has 0 saturated heterocycles. The molecule has 0 bridgehead atoms. The normalized spacial score (nSPS) is 13.7. The third-order valence-electron chi connectivity index (χ3n) is 5.09. The predicted octanol–water partition coefficient (Wildman–Crippen LogP) is 7.22. The van der Waals surface area contributed by atoms with Crippen LogP contribution in [0.5, 0.6) is 0 Å². The summed E-state index contributed by atoms with van der Waals surface area (Å²) >= 11 is 0. The van der Waals surface area contributed by atoms with E-state index in [9.17, 15) is 5.21 Å². The standard InChI is InChI=1S/C23H41NO/c1-3-4-5-6-7-8-9-10-11-12-13-14-18-21-24(2,25)22-23-19-16-15-17-20-23/h15-17,19-20H,3-14,18,21-22H2,1-2H3. The number of quaternary nitrogens is 1. The summed E-state index contributed by atoms with van der Waals surface area (Å²) in [5, 5.41) is 12.5. The number of hydroxylamine groups is 3. The van der Waals surface area contributed by atoms with E-state index in [0.29, 0.717) is 6.54 Å². The van der Waals surface area contributed by atoms with Gasteiger partial charge in [-0.05, 0) is 12.8 Å². The molecule has 0 aliphatic carbocycles. The monoisotopic (exact) mass is 347 g/mol. The van der Waals surface area contributed by atoms with Gasteiger partial charge in [-0.2, -0.15) is 0 Å². The molecule has 1 rings (SSSR count). The summed E-state index contributed by atoms with van der Waals surface area (Å²) in [6.45, 7) is 3.62. The van der Waals surface area contributed by atoms with Crippen LogP contribution >= 0.6 is 0 Å². The van der Waals surface area contributed by atoms with Crippen molar-refractivity contribution in [2.45, 2.75) is 96.9 Å². The minimum Gasteiger partial charge on any atom is -0.633 e. The molecule has 0 amide bonds. The molecule has 2 nitrogen and oxygen atoms in total.